The third kappa shape index (κ3) is 6.55. The lowest BCUT2D eigenvalue weighted by Crippen LogP contribution is -2.32. The van der Waals surface area contributed by atoms with Crippen molar-refractivity contribution in [1.82, 2.24) is 0 Å². The molecular formula is C27H36N2O. The minimum atomic E-state index is -0.639. The molecule has 0 aliphatic heterocycles. The highest BCUT2D eigenvalue weighted by Gasteiger charge is 2.52. The zero-order valence-corrected chi connectivity index (χ0v) is 18.2. The summed E-state index contributed by atoms with van der Waals surface area (Å²) in [5.74, 6) is 0.145. The molecule has 1 saturated carbocycles. The second-order valence-electron chi connectivity index (χ2n) is 8.87. The number of hydrogen-bond donors (Lipinski definition) is 2. The highest BCUT2D eigenvalue weighted by Crippen LogP contribution is 2.47. The molecule has 0 radical (unpaired) electrons. The van der Waals surface area contributed by atoms with Crippen molar-refractivity contribution in [3.63, 3.8) is 0 Å². The van der Waals surface area contributed by atoms with Crippen LogP contribution < -0.4 is 5.73 Å². The van der Waals surface area contributed by atoms with Crippen molar-refractivity contribution in [2.45, 2.75) is 77.0 Å². The van der Waals surface area contributed by atoms with Crippen molar-refractivity contribution in [3.8, 4) is 0 Å². The van der Waals surface area contributed by atoms with Gasteiger partial charge in [-0.1, -0.05) is 86.7 Å². The summed E-state index contributed by atoms with van der Waals surface area (Å²) in [6.45, 7) is 0. The average Bonchev–Trinajstić information content (AvgIpc) is 3.57. The molecule has 1 fully saturated rings. The Morgan fingerprint density at radius 1 is 0.733 bits per heavy atom. The topological polar surface area (TPSA) is 66.9 Å². The van der Waals surface area contributed by atoms with Crippen molar-refractivity contribution >= 4 is 11.6 Å². The van der Waals surface area contributed by atoms with Crippen LogP contribution in [0.2, 0.25) is 0 Å². The summed E-state index contributed by atoms with van der Waals surface area (Å²) in [6, 6.07) is 19.2. The summed E-state index contributed by atoms with van der Waals surface area (Å²) >= 11 is 0. The first-order chi connectivity index (χ1) is 14.6. The van der Waals surface area contributed by atoms with Crippen LogP contribution in [0, 0.1) is 10.8 Å². The van der Waals surface area contributed by atoms with Crippen LogP contribution in [0.4, 0.5) is 0 Å². The van der Waals surface area contributed by atoms with Gasteiger partial charge in [-0.15, -0.1) is 0 Å². The largest absolute Gasteiger partial charge is 0.387 e. The normalized spacial score (nSPS) is 14.4. The second kappa shape index (κ2) is 11.1. The molecule has 3 heteroatoms. The van der Waals surface area contributed by atoms with Gasteiger partial charge in [-0.05, 0) is 55.2 Å². The Morgan fingerprint density at radius 2 is 1.20 bits per heavy atom. The van der Waals surface area contributed by atoms with Crippen molar-refractivity contribution in [2.75, 3.05) is 0 Å². The van der Waals surface area contributed by atoms with Crippen LogP contribution in [0.25, 0.3) is 0 Å². The maximum Gasteiger partial charge on any atom is 0.150 e. The second-order valence-corrected chi connectivity index (χ2v) is 8.87. The molecule has 1 aliphatic carbocycles. The fourth-order valence-electron chi connectivity index (χ4n) is 4.19. The predicted octanol–water partition coefficient (Wildman–Crippen LogP) is 6.03. The standard InChI is InChI=1S/C27H36N2O/c28-26(29)27(19-20-27)25(30)21-24-17-15-23(16-18-24)14-8-5-3-1-2-4-7-11-22-12-9-6-10-13-22/h6,9-10,12-13,15-18H,1-5,7-8,11,14,19-21H2,(H3,28,29). The molecule has 0 spiro atoms. The summed E-state index contributed by atoms with van der Waals surface area (Å²) in [5.41, 5.74) is 8.81. The van der Waals surface area contributed by atoms with Gasteiger partial charge in [-0.25, -0.2) is 0 Å². The summed E-state index contributed by atoms with van der Waals surface area (Å²) in [7, 11) is 0. The maximum atomic E-state index is 12.4. The molecular weight excluding hydrogens is 368 g/mol. The van der Waals surface area contributed by atoms with E-state index in [1.165, 1.54) is 62.5 Å². The van der Waals surface area contributed by atoms with E-state index < -0.39 is 5.41 Å². The number of nitrogens with one attached hydrogen (secondary N) is 1. The van der Waals surface area contributed by atoms with Gasteiger partial charge in [0.25, 0.3) is 0 Å². The van der Waals surface area contributed by atoms with Gasteiger partial charge >= 0.3 is 0 Å². The smallest absolute Gasteiger partial charge is 0.150 e. The summed E-state index contributed by atoms with van der Waals surface area (Å²) in [5, 5.41) is 7.64. The van der Waals surface area contributed by atoms with Gasteiger partial charge in [0.1, 0.15) is 5.84 Å². The highest BCUT2D eigenvalue weighted by molar-refractivity contribution is 6.09. The number of ketones is 1. The zero-order valence-electron chi connectivity index (χ0n) is 18.2. The van der Waals surface area contributed by atoms with Gasteiger partial charge < -0.3 is 5.73 Å². The maximum absolute atomic E-state index is 12.4. The number of aryl methyl sites for hydroxylation is 2. The van der Waals surface area contributed by atoms with Crippen LogP contribution in [0.1, 0.15) is 74.5 Å². The van der Waals surface area contributed by atoms with Gasteiger partial charge in [-0.3, -0.25) is 10.2 Å². The Bertz CT molecular complexity index is 807. The minimum absolute atomic E-state index is 0.0420. The fraction of sp³-hybridized carbons (Fsp3) is 0.481. The van der Waals surface area contributed by atoms with Crippen molar-refractivity contribution in [2.24, 2.45) is 11.1 Å². The summed E-state index contributed by atoms with van der Waals surface area (Å²) in [6.07, 6.45) is 13.4. The van der Waals surface area contributed by atoms with Crippen LogP contribution in [0.3, 0.4) is 0 Å². The monoisotopic (exact) mass is 404 g/mol. The third-order valence-corrected chi connectivity index (χ3v) is 6.46. The molecule has 0 amide bonds. The molecule has 2 aromatic carbocycles. The minimum Gasteiger partial charge on any atom is -0.387 e. The Morgan fingerprint density at radius 3 is 1.70 bits per heavy atom. The number of hydrogen-bond acceptors (Lipinski definition) is 2. The highest BCUT2D eigenvalue weighted by atomic mass is 16.1. The van der Waals surface area contributed by atoms with Crippen molar-refractivity contribution in [3.05, 3.63) is 71.3 Å². The Kier molecular flexibility index (Phi) is 8.24. The molecule has 1 aliphatic rings. The summed E-state index contributed by atoms with van der Waals surface area (Å²) in [4.78, 5) is 12.4. The SMILES string of the molecule is N=C(N)C1(C(=O)Cc2ccc(CCCCCCCCCc3ccccc3)cc2)CC1. The van der Waals surface area contributed by atoms with Gasteiger partial charge in [0.15, 0.2) is 5.78 Å². The van der Waals surface area contributed by atoms with Crippen LogP contribution in [0.5, 0.6) is 0 Å². The van der Waals surface area contributed by atoms with E-state index >= 15 is 0 Å². The molecule has 0 bridgehead atoms. The molecule has 0 heterocycles. The molecule has 2 aromatic rings. The molecule has 3 nitrogen and oxygen atoms in total. The first kappa shape index (κ1) is 22.3. The van der Waals surface area contributed by atoms with Crippen LogP contribution in [-0.2, 0) is 24.1 Å². The van der Waals surface area contributed by atoms with E-state index in [0.717, 1.165) is 24.8 Å². The molecule has 0 unspecified atom stereocenters. The number of benzene rings is 2. The van der Waals surface area contributed by atoms with Crippen LogP contribution in [0.15, 0.2) is 54.6 Å². The quantitative estimate of drug-likeness (QED) is 0.229. The van der Waals surface area contributed by atoms with E-state index in [-0.39, 0.29) is 11.6 Å². The molecule has 3 N–H and O–H groups in total. The van der Waals surface area contributed by atoms with Crippen LogP contribution >= 0.6 is 0 Å². The number of rotatable bonds is 14. The van der Waals surface area contributed by atoms with Gasteiger partial charge in [-0.2, -0.15) is 0 Å². The van der Waals surface area contributed by atoms with Crippen molar-refractivity contribution in [1.29, 1.82) is 5.41 Å². The van der Waals surface area contributed by atoms with E-state index in [2.05, 4.69) is 54.6 Å². The molecule has 3 rings (SSSR count). The predicted molar refractivity (Wildman–Crippen MR) is 125 cm³/mol. The number of Topliss-reactive ketones (excluding diaryl/α,β-unsaturated/α-hetero) is 1. The lowest BCUT2D eigenvalue weighted by molar-refractivity contribution is -0.121. The van der Waals surface area contributed by atoms with E-state index in [0.29, 0.717) is 6.42 Å². The molecule has 30 heavy (non-hydrogen) atoms. The number of nitrogens with two attached hydrogens (primary N) is 1. The van der Waals surface area contributed by atoms with Gasteiger partial charge in [0.2, 0.25) is 0 Å². The van der Waals surface area contributed by atoms with Crippen LogP contribution in [-0.4, -0.2) is 11.6 Å². The molecule has 0 aromatic heterocycles. The van der Waals surface area contributed by atoms with E-state index in [9.17, 15) is 4.79 Å². The van der Waals surface area contributed by atoms with E-state index in [4.69, 9.17) is 11.1 Å². The fourth-order valence-corrected chi connectivity index (χ4v) is 4.19. The zero-order chi connectivity index (χ0) is 21.2. The third-order valence-electron chi connectivity index (χ3n) is 6.46. The number of carbonyl (C=O) groups is 1. The first-order valence-corrected chi connectivity index (χ1v) is 11.6. The van der Waals surface area contributed by atoms with E-state index in [1.807, 2.05) is 0 Å². The lowest BCUT2D eigenvalue weighted by Gasteiger charge is -2.12. The molecule has 160 valence electrons. The van der Waals surface area contributed by atoms with E-state index in [1.54, 1.807) is 0 Å². The number of carbonyl (C=O) groups excluding carboxylic acids is 1. The molecule has 0 atom stereocenters. The lowest BCUT2D eigenvalue weighted by atomic mass is 9.93. The summed E-state index contributed by atoms with van der Waals surface area (Å²) < 4.78 is 0. The average molecular weight is 405 g/mol. The first-order valence-electron chi connectivity index (χ1n) is 11.6. The Hall–Kier alpha value is -2.42. The Labute approximate surface area is 181 Å². The van der Waals surface area contributed by atoms with Gasteiger partial charge in [0, 0.05) is 6.42 Å². The Balaban J connectivity index is 1.23. The van der Waals surface area contributed by atoms with Crippen molar-refractivity contribution < 1.29 is 4.79 Å². The number of amidine groups is 1. The van der Waals surface area contributed by atoms with Gasteiger partial charge in [0.05, 0.1) is 5.41 Å². The molecule has 0 saturated heterocycles. The number of unbranched alkanes of at least 4 members (excludes halogenated alkanes) is 6.